The first-order chi connectivity index (χ1) is 17.0. The molecule has 0 radical (unpaired) electrons. The van der Waals surface area contributed by atoms with Crippen molar-refractivity contribution < 1.29 is 23.2 Å². The zero-order valence-corrected chi connectivity index (χ0v) is 20.1. The molecule has 1 saturated carbocycles. The summed E-state index contributed by atoms with van der Waals surface area (Å²) in [6, 6.07) is 11.4. The van der Waals surface area contributed by atoms with Gasteiger partial charge in [0.1, 0.15) is 17.6 Å². The Morgan fingerprint density at radius 3 is 2.49 bits per heavy atom. The molecule has 184 valence electrons. The molecule has 9 heteroatoms. The van der Waals surface area contributed by atoms with Crippen LogP contribution in [0.5, 0.6) is 0 Å². The van der Waals surface area contributed by atoms with Gasteiger partial charge in [-0.1, -0.05) is 37.5 Å². The highest BCUT2D eigenvalue weighted by Gasteiger charge is 2.33. The van der Waals surface area contributed by atoms with Crippen molar-refractivity contribution in [2.45, 2.75) is 50.7 Å². The molecule has 1 aliphatic carbocycles. The molecule has 0 unspecified atom stereocenters. The smallest absolute Gasteiger partial charge is 0.261 e. The quantitative estimate of drug-likeness (QED) is 0.458. The van der Waals surface area contributed by atoms with Crippen LogP contribution in [0.4, 0.5) is 4.39 Å². The third-order valence-corrected chi connectivity index (χ3v) is 6.94. The van der Waals surface area contributed by atoms with E-state index in [1.165, 1.54) is 46.8 Å². The molecule has 0 spiro atoms. The number of rotatable bonds is 9. The number of carbonyl (C=O) groups is 3. The maximum absolute atomic E-state index is 13.7. The fourth-order valence-corrected chi connectivity index (χ4v) is 4.93. The van der Waals surface area contributed by atoms with Gasteiger partial charge in [0.25, 0.3) is 5.91 Å². The van der Waals surface area contributed by atoms with Crippen molar-refractivity contribution in [1.82, 2.24) is 15.5 Å². The van der Waals surface area contributed by atoms with Crippen molar-refractivity contribution in [3.8, 4) is 0 Å². The molecule has 2 aromatic heterocycles. The van der Waals surface area contributed by atoms with Crippen LogP contribution < -0.4 is 10.6 Å². The summed E-state index contributed by atoms with van der Waals surface area (Å²) in [5, 5.41) is 7.51. The Labute approximate surface area is 207 Å². The molecule has 1 aromatic carbocycles. The maximum Gasteiger partial charge on any atom is 0.261 e. The number of hydrogen-bond donors (Lipinski definition) is 2. The summed E-state index contributed by atoms with van der Waals surface area (Å²) in [4.78, 5) is 41.3. The van der Waals surface area contributed by atoms with Crippen molar-refractivity contribution in [2.24, 2.45) is 0 Å². The molecule has 35 heavy (non-hydrogen) atoms. The number of amides is 3. The van der Waals surface area contributed by atoms with Gasteiger partial charge in [0.2, 0.25) is 11.8 Å². The largest absolute Gasteiger partial charge is 0.467 e. The van der Waals surface area contributed by atoms with Gasteiger partial charge >= 0.3 is 0 Å². The van der Waals surface area contributed by atoms with Crippen molar-refractivity contribution in [1.29, 1.82) is 0 Å². The van der Waals surface area contributed by atoms with E-state index in [2.05, 4.69) is 10.6 Å². The van der Waals surface area contributed by atoms with Gasteiger partial charge in [-0.2, -0.15) is 0 Å². The average Bonchev–Trinajstić information content (AvgIpc) is 3.58. The van der Waals surface area contributed by atoms with Gasteiger partial charge in [-0.3, -0.25) is 14.4 Å². The van der Waals surface area contributed by atoms with Gasteiger partial charge in [-0.05, 0) is 54.1 Å². The SMILES string of the molecule is O=C(NCC(=O)N(Cc1ccco1)[C@@H](C(=O)NC1CCCCC1)c1ccc(F)cc1)c1cccs1. The van der Waals surface area contributed by atoms with Crippen LogP contribution in [0.2, 0.25) is 0 Å². The minimum atomic E-state index is -1.02. The first-order valence-corrected chi connectivity index (χ1v) is 12.6. The topological polar surface area (TPSA) is 91.7 Å². The predicted molar refractivity (Wildman–Crippen MR) is 130 cm³/mol. The van der Waals surface area contributed by atoms with Crippen molar-refractivity contribution >= 4 is 29.1 Å². The second-order valence-corrected chi connectivity index (χ2v) is 9.51. The van der Waals surface area contributed by atoms with Crippen LogP contribution in [0, 0.1) is 5.82 Å². The van der Waals surface area contributed by atoms with E-state index >= 15 is 0 Å². The molecule has 3 aromatic rings. The Morgan fingerprint density at radius 1 is 1.06 bits per heavy atom. The summed E-state index contributed by atoms with van der Waals surface area (Å²) in [7, 11) is 0. The molecule has 0 bridgehead atoms. The molecule has 1 aliphatic rings. The molecule has 4 rings (SSSR count). The maximum atomic E-state index is 13.7. The van der Waals surface area contributed by atoms with Crippen molar-refractivity contribution in [2.75, 3.05) is 6.54 Å². The summed E-state index contributed by atoms with van der Waals surface area (Å²) in [5.74, 6) is -1.11. The van der Waals surface area contributed by atoms with Gasteiger partial charge in [-0.25, -0.2) is 4.39 Å². The van der Waals surface area contributed by atoms with Crippen LogP contribution in [-0.4, -0.2) is 35.2 Å². The predicted octanol–water partition coefficient (Wildman–Crippen LogP) is 4.43. The number of nitrogens with one attached hydrogen (secondary N) is 2. The highest BCUT2D eigenvalue weighted by atomic mass is 32.1. The molecule has 7 nitrogen and oxygen atoms in total. The van der Waals surface area contributed by atoms with E-state index < -0.39 is 17.8 Å². The average molecular weight is 498 g/mol. The molecule has 1 atom stereocenters. The normalized spacial score (nSPS) is 14.8. The number of furan rings is 1. The molecular formula is C26H28FN3O4S. The van der Waals surface area contributed by atoms with E-state index in [0.29, 0.717) is 16.2 Å². The Kier molecular flexibility index (Phi) is 8.31. The number of hydrogen-bond acceptors (Lipinski definition) is 5. The molecule has 0 saturated heterocycles. The summed E-state index contributed by atoms with van der Waals surface area (Å²) in [6.07, 6.45) is 6.47. The molecule has 2 heterocycles. The lowest BCUT2D eigenvalue weighted by Crippen LogP contribution is -2.49. The molecule has 1 fully saturated rings. The van der Waals surface area contributed by atoms with E-state index in [9.17, 15) is 18.8 Å². The van der Waals surface area contributed by atoms with E-state index in [4.69, 9.17) is 4.42 Å². The van der Waals surface area contributed by atoms with Crippen LogP contribution in [0.25, 0.3) is 0 Å². The number of thiophene rings is 1. The first kappa shape index (κ1) is 24.7. The number of halogens is 1. The Hall–Kier alpha value is -3.46. The van der Waals surface area contributed by atoms with E-state index in [1.807, 2.05) is 0 Å². The molecule has 0 aliphatic heterocycles. The zero-order valence-electron chi connectivity index (χ0n) is 19.2. The van der Waals surface area contributed by atoms with Crippen LogP contribution in [0.3, 0.4) is 0 Å². The fourth-order valence-electron chi connectivity index (χ4n) is 4.29. The van der Waals surface area contributed by atoms with E-state index in [-0.39, 0.29) is 30.9 Å². The highest BCUT2D eigenvalue weighted by molar-refractivity contribution is 7.12. The van der Waals surface area contributed by atoms with Gasteiger partial charge in [0, 0.05) is 6.04 Å². The summed E-state index contributed by atoms with van der Waals surface area (Å²) in [6.45, 7) is -0.285. The lowest BCUT2D eigenvalue weighted by atomic mass is 9.94. The summed E-state index contributed by atoms with van der Waals surface area (Å²) in [5.41, 5.74) is 0.476. The Morgan fingerprint density at radius 2 is 1.83 bits per heavy atom. The Balaban J connectivity index is 1.60. The van der Waals surface area contributed by atoms with Crippen LogP contribution in [-0.2, 0) is 16.1 Å². The second-order valence-electron chi connectivity index (χ2n) is 8.56. The molecule has 2 N–H and O–H groups in total. The standard InChI is InChI=1S/C26H28FN3O4S/c27-19-12-10-18(11-13-19)24(26(33)29-20-6-2-1-3-7-20)30(17-21-8-4-14-34-21)23(31)16-28-25(32)22-9-5-15-35-22/h4-5,8-15,20,24H,1-3,6-7,16-17H2,(H,28,32)(H,29,33)/t24-/m1/s1. The summed E-state index contributed by atoms with van der Waals surface area (Å²) < 4.78 is 19.2. The van der Waals surface area contributed by atoms with Gasteiger partial charge in [0.05, 0.1) is 24.2 Å². The third-order valence-electron chi connectivity index (χ3n) is 6.07. The minimum absolute atomic E-state index is 0.0147. The molecule has 3 amide bonds. The van der Waals surface area contributed by atoms with Gasteiger partial charge < -0.3 is 20.0 Å². The zero-order chi connectivity index (χ0) is 24.6. The fraction of sp³-hybridized carbons (Fsp3) is 0.346. The van der Waals surface area contributed by atoms with Crippen LogP contribution in [0.15, 0.2) is 64.6 Å². The monoisotopic (exact) mass is 497 g/mol. The second kappa shape index (κ2) is 11.8. The van der Waals surface area contributed by atoms with Crippen molar-refractivity contribution in [3.63, 3.8) is 0 Å². The lowest BCUT2D eigenvalue weighted by molar-refractivity contribution is -0.141. The first-order valence-electron chi connectivity index (χ1n) is 11.7. The van der Waals surface area contributed by atoms with Crippen molar-refractivity contribution in [3.05, 3.63) is 82.2 Å². The van der Waals surface area contributed by atoms with E-state index in [1.54, 1.807) is 29.6 Å². The number of carbonyl (C=O) groups excluding carboxylic acids is 3. The Bertz CT molecular complexity index is 1110. The third kappa shape index (κ3) is 6.57. The lowest BCUT2D eigenvalue weighted by Gasteiger charge is -2.33. The number of nitrogens with zero attached hydrogens (tertiary/aromatic N) is 1. The van der Waals surface area contributed by atoms with Crippen LogP contribution >= 0.6 is 11.3 Å². The van der Waals surface area contributed by atoms with E-state index in [0.717, 1.165) is 32.1 Å². The van der Waals surface area contributed by atoms with Gasteiger partial charge in [-0.15, -0.1) is 11.3 Å². The molecular weight excluding hydrogens is 469 g/mol. The summed E-state index contributed by atoms with van der Waals surface area (Å²) >= 11 is 1.27. The van der Waals surface area contributed by atoms with Crippen LogP contribution in [0.1, 0.15) is 59.1 Å². The minimum Gasteiger partial charge on any atom is -0.467 e. The highest BCUT2D eigenvalue weighted by Crippen LogP contribution is 2.26. The van der Waals surface area contributed by atoms with Gasteiger partial charge in [0.15, 0.2) is 0 Å². The number of benzene rings is 1.